The van der Waals surface area contributed by atoms with Crippen molar-refractivity contribution in [1.29, 1.82) is 0 Å². The first-order valence-corrected chi connectivity index (χ1v) is 2.97. The molecule has 1 heterocycles. The first-order chi connectivity index (χ1) is 4.39. The second-order valence-corrected chi connectivity index (χ2v) is 1.91. The van der Waals surface area contributed by atoms with Gasteiger partial charge in [0.25, 0.3) is 0 Å². The van der Waals surface area contributed by atoms with Crippen molar-refractivity contribution < 1.29 is 4.74 Å². The second kappa shape index (κ2) is 5.40. The smallest absolute Gasteiger partial charge is 0.0674 e. The van der Waals surface area contributed by atoms with Gasteiger partial charge in [-0.05, 0) is 12.8 Å². The van der Waals surface area contributed by atoms with Gasteiger partial charge in [0.05, 0.1) is 6.61 Å². The Morgan fingerprint density at radius 1 is 1.44 bits per heavy atom. The van der Waals surface area contributed by atoms with Gasteiger partial charge in [-0.2, -0.15) is 0 Å². The fraction of sp³-hybridized carbons (Fsp3) is 0.500. The summed E-state index contributed by atoms with van der Waals surface area (Å²) in [6, 6.07) is 0. The van der Waals surface area contributed by atoms with Crippen LogP contribution < -0.4 is 0 Å². The van der Waals surface area contributed by atoms with Gasteiger partial charge >= 0.3 is 0 Å². The highest BCUT2D eigenvalue weighted by Gasteiger charge is 2.00. The van der Waals surface area contributed by atoms with Crippen molar-refractivity contribution in [3.63, 3.8) is 0 Å². The molecule has 0 radical (unpaired) electrons. The minimum Gasteiger partial charge on any atom is -0.377 e. The molecular formula is C8H12O. The van der Waals surface area contributed by atoms with Crippen LogP contribution in [-0.4, -0.2) is 13.2 Å². The molecule has 1 aliphatic heterocycles. The molecule has 1 aliphatic rings. The zero-order chi connectivity index (χ0) is 7.11. The molecule has 0 spiro atoms. The zero-order valence-corrected chi connectivity index (χ0v) is 5.60. The van der Waals surface area contributed by atoms with E-state index in [1.807, 2.05) is 0 Å². The van der Waals surface area contributed by atoms with E-state index in [0.717, 1.165) is 13.2 Å². The molecule has 1 rings (SSSR count). The maximum Gasteiger partial charge on any atom is 0.0674 e. The number of hydrogen-bond donors (Lipinski definition) is 0. The molecular weight excluding hydrogens is 112 g/mol. The summed E-state index contributed by atoms with van der Waals surface area (Å²) in [4.78, 5) is 0. The van der Waals surface area contributed by atoms with E-state index in [0.29, 0.717) is 0 Å². The normalized spacial score (nSPS) is 17.8. The van der Waals surface area contributed by atoms with Crippen LogP contribution in [0.25, 0.3) is 0 Å². The minimum atomic E-state index is 0.792. The molecule has 0 unspecified atom stereocenters. The maximum absolute atomic E-state index is 5.08. The van der Waals surface area contributed by atoms with E-state index in [4.69, 9.17) is 4.74 Å². The van der Waals surface area contributed by atoms with Gasteiger partial charge in [0.2, 0.25) is 0 Å². The van der Waals surface area contributed by atoms with Crippen LogP contribution >= 0.6 is 0 Å². The number of rotatable bonds is 0. The van der Waals surface area contributed by atoms with Crippen LogP contribution in [0.4, 0.5) is 0 Å². The Morgan fingerprint density at radius 2 is 2.11 bits per heavy atom. The Kier molecular flexibility index (Phi) is 4.95. The highest BCUT2D eigenvalue weighted by Crippen LogP contribution is 2.08. The quantitative estimate of drug-likeness (QED) is 0.352. The fourth-order valence-electron chi connectivity index (χ4n) is 0.713. The molecule has 0 N–H and O–H groups in total. The summed E-state index contributed by atoms with van der Waals surface area (Å²) in [5.41, 5.74) is 1.24. The van der Waals surface area contributed by atoms with E-state index in [2.05, 4.69) is 19.4 Å². The number of terminal acetylenes is 1. The van der Waals surface area contributed by atoms with Crippen LogP contribution in [0.2, 0.25) is 0 Å². The lowest BCUT2D eigenvalue weighted by molar-refractivity contribution is 0.130. The summed E-state index contributed by atoms with van der Waals surface area (Å²) >= 11 is 0. The van der Waals surface area contributed by atoms with E-state index in [9.17, 15) is 0 Å². The lowest BCUT2D eigenvalue weighted by Crippen LogP contribution is -2.06. The second-order valence-electron chi connectivity index (χ2n) is 1.91. The Labute approximate surface area is 56.7 Å². The van der Waals surface area contributed by atoms with Gasteiger partial charge in [-0.15, -0.1) is 12.8 Å². The van der Waals surface area contributed by atoms with Gasteiger partial charge in [0, 0.05) is 6.61 Å². The predicted octanol–water partition coefficient (Wildman–Crippen LogP) is 1.60. The SMILES string of the molecule is C#C.C=C1CCCOC1. The third-order valence-electron chi connectivity index (χ3n) is 1.13. The lowest BCUT2D eigenvalue weighted by Gasteiger charge is -2.11. The Morgan fingerprint density at radius 3 is 2.33 bits per heavy atom. The monoisotopic (exact) mass is 124 g/mol. The third kappa shape index (κ3) is 3.81. The van der Waals surface area contributed by atoms with Crippen molar-refractivity contribution in [3.8, 4) is 12.8 Å². The molecule has 1 heteroatoms. The van der Waals surface area contributed by atoms with Crippen molar-refractivity contribution in [2.45, 2.75) is 12.8 Å². The first kappa shape index (κ1) is 8.26. The van der Waals surface area contributed by atoms with E-state index >= 15 is 0 Å². The number of hydrogen-bond acceptors (Lipinski definition) is 1. The minimum absolute atomic E-state index is 0.792. The third-order valence-corrected chi connectivity index (χ3v) is 1.13. The topological polar surface area (TPSA) is 9.23 Å². The summed E-state index contributed by atoms with van der Waals surface area (Å²) in [6.07, 6.45) is 10.3. The molecule has 9 heavy (non-hydrogen) atoms. The molecule has 0 aliphatic carbocycles. The highest BCUT2D eigenvalue weighted by molar-refractivity contribution is 4.95. The van der Waals surface area contributed by atoms with Crippen LogP contribution in [0.1, 0.15) is 12.8 Å². The molecule has 0 amide bonds. The van der Waals surface area contributed by atoms with Crippen molar-refractivity contribution in [2.24, 2.45) is 0 Å². The maximum atomic E-state index is 5.08. The van der Waals surface area contributed by atoms with Crippen molar-refractivity contribution >= 4 is 0 Å². The summed E-state index contributed by atoms with van der Waals surface area (Å²) in [5, 5.41) is 0. The van der Waals surface area contributed by atoms with Crippen LogP contribution in [0.15, 0.2) is 12.2 Å². The standard InChI is InChI=1S/C6H10O.C2H2/c1-6-3-2-4-7-5-6;1-2/h1-5H2;1-2H. The van der Waals surface area contributed by atoms with Crippen molar-refractivity contribution in [3.05, 3.63) is 12.2 Å². The molecule has 1 nitrogen and oxygen atoms in total. The van der Waals surface area contributed by atoms with E-state index in [1.165, 1.54) is 18.4 Å². The summed E-state index contributed by atoms with van der Waals surface area (Å²) in [5.74, 6) is 0. The molecule has 50 valence electrons. The van der Waals surface area contributed by atoms with Gasteiger partial charge < -0.3 is 4.74 Å². The first-order valence-electron chi connectivity index (χ1n) is 2.97. The zero-order valence-electron chi connectivity index (χ0n) is 5.60. The summed E-state index contributed by atoms with van der Waals surface area (Å²) in [7, 11) is 0. The molecule has 0 bridgehead atoms. The largest absolute Gasteiger partial charge is 0.377 e. The van der Waals surface area contributed by atoms with Gasteiger partial charge in [0.15, 0.2) is 0 Å². The van der Waals surface area contributed by atoms with Gasteiger partial charge in [-0.25, -0.2) is 0 Å². The van der Waals surface area contributed by atoms with Crippen LogP contribution in [-0.2, 0) is 4.74 Å². The van der Waals surface area contributed by atoms with Gasteiger partial charge in [-0.3, -0.25) is 0 Å². The lowest BCUT2D eigenvalue weighted by atomic mass is 10.1. The van der Waals surface area contributed by atoms with Crippen LogP contribution in [0, 0.1) is 12.8 Å². The predicted molar refractivity (Wildman–Crippen MR) is 39.1 cm³/mol. The molecule has 0 atom stereocenters. The van der Waals surface area contributed by atoms with E-state index < -0.39 is 0 Å². The molecule has 0 saturated carbocycles. The van der Waals surface area contributed by atoms with Gasteiger partial charge in [-0.1, -0.05) is 12.2 Å². The van der Waals surface area contributed by atoms with Crippen LogP contribution in [0.3, 0.4) is 0 Å². The fourth-order valence-corrected chi connectivity index (χ4v) is 0.713. The molecule has 1 saturated heterocycles. The van der Waals surface area contributed by atoms with E-state index in [1.54, 1.807) is 0 Å². The summed E-state index contributed by atoms with van der Waals surface area (Å²) in [6.45, 7) is 5.51. The van der Waals surface area contributed by atoms with Crippen molar-refractivity contribution in [1.82, 2.24) is 0 Å². The molecule has 0 aromatic rings. The average molecular weight is 124 g/mol. The van der Waals surface area contributed by atoms with Crippen molar-refractivity contribution in [2.75, 3.05) is 13.2 Å². The number of ether oxygens (including phenoxy) is 1. The molecule has 1 fully saturated rings. The van der Waals surface area contributed by atoms with Gasteiger partial charge in [0.1, 0.15) is 0 Å². The Balaban J connectivity index is 0.000000291. The Hall–Kier alpha value is -0.740. The molecule has 0 aromatic carbocycles. The summed E-state index contributed by atoms with van der Waals surface area (Å²) < 4.78 is 5.08. The Bertz CT molecular complexity index is 94.4. The average Bonchev–Trinajstić information content (AvgIpc) is 1.94. The molecule has 0 aromatic heterocycles. The van der Waals surface area contributed by atoms with Crippen LogP contribution in [0.5, 0.6) is 0 Å². The van der Waals surface area contributed by atoms with E-state index in [-0.39, 0.29) is 0 Å². The highest BCUT2D eigenvalue weighted by atomic mass is 16.5.